The second kappa shape index (κ2) is 10.2. The fourth-order valence-electron chi connectivity index (χ4n) is 3.90. The second-order valence-electron chi connectivity index (χ2n) is 7.72. The van der Waals surface area contributed by atoms with Crippen molar-refractivity contribution in [3.05, 3.63) is 70.8 Å². The monoisotopic (exact) mass is 434 g/mol. The van der Waals surface area contributed by atoms with Crippen LogP contribution in [0.5, 0.6) is 0 Å². The van der Waals surface area contributed by atoms with Crippen LogP contribution in [0.4, 0.5) is 8.78 Å². The maximum absolute atomic E-state index is 13.4. The Labute approximate surface area is 181 Å². The Morgan fingerprint density at radius 2 is 1.90 bits per heavy atom. The van der Waals surface area contributed by atoms with Crippen LogP contribution in [-0.2, 0) is 17.9 Å². The average molecular weight is 435 g/mol. The lowest BCUT2D eigenvalue weighted by atomic mass is 10.1. The molecule has 2 aromatic rings. The SMILES string of the molecule is Cl.N#CON(Cc1ccc(CN[C@@H]2C[C@H]2c2ccc(F)c(F)c2)cc1)C1CCNC1. The zero-order valence-electron chi connectivity index (χ0n) is 16.5. The molecule has 30 heavy (non-hydrogen) atoms. The van der Waals surface area contributed by atoms with E-state index in [4.69, 9.17) is 10.1 Å². The molecule has 4 rings (SSSR count). The molecular weight excluding hydrogens is 410 g/mol. The van der Waals surface area contributed by atoms with Gasteiger partial charge in [0.25, 0.3) is 0 Å². The molecule has 0 amide bonds. The van der Waals surface area contributed by atoms with Gasteiger partial charge in [-0.3, -0.25) is 0 Å². The zero-order valence-corrected chi connectivity index (χ0v) is 17.3. The highest BCUT2D eigenvalue weighted by Crippen LogP contribution is 2.41. The molecule has 1 aliphatic heterocycles. The molecule has 8 heteroatoms. The summed E-state index contributed by atoms with van der Waals surface area (Å²) in [5.41, 5.74) is 3.08. The maximum atomic E-state index is 13.4. The fourth-order valence-corrected chi connectivity index (χ4v) is 3.90. The summed E-state index contributed by atoms with van der Waals surface area (Å²) in [5.74, 6) is -1.35. The molecule has 2 aliphatic rings. The number of halogens is 3. The summed E-state index contributed by atoms with van der Waals surface area (Å²) < 4.78 is 26.5. The summed E-state index contributed by atoms with van der Waals surface area (Å²) in [6.45, 7) is 3.04. The van der Waals surface area contributed by atoms with Gasteiger partial charge in [-0.25, -0.2) is 8.78 Å². The molecule has 2 fully saturated rings. The van der Waals surface area contributed by atoms with E-state index in [1.165, 1.54) is 12.1 Å². The van der Waals surface area contributed by atoms with Crippen molar-refractivity contribution in [3.8, 4) is 6.26 Å². The van der Waals surface area contributed by atoms with Crippen LogP contribution in [0.25, 0.3) is 0 Å². The van der Waals surface area contributed by atoms with Crippen LogP contribution in [0.2, 0.25) is 0 Å². The minimum atomic E-state index is -0.804. The fraction of sp³-hybridized carbons (Fsp3) is 0.409. The van der Waals surface area contributed by atoms with Gasteiger partial charge in [-0.1, -0.05) is 30.3 Å². The Balaban J connectivity index is 0.00000256. The second-order valence-corrected chi connectivity index (χ2v) is 7.72. The first-order chi connectivity index (χ1) is 14.1. The van der Waals surface area contributed by atoms with E-state index < -0.39 is 11.6 Å². The molecular formula is C22H25ClF2N4O. The van der Waals surface area contributed by atoms with Crippen LogP contribution >= 0.6 is 12.4 Å². The van der Waals surface area contributed by atoms with Crippen molar-refractivity contribution in [2.45, 2.75) is 43.9 Å². The molecule has 1 aliphatic carbocycles. The van der Waals surface area contributed by atoms with Gasteiger partial charge in [-0.2, -0.15) is 0 Å². The predicted molar refractivity (Wildman–Crippen MR) is 112 cm³/mol. The van der Waals surface area contributed by atoms with Gasteiger partial charge in [0.15, 0.2) is 11.6 Å². The number of rotatable bonds is 8. The summed E-state index contributed by atoms with van der Waals surface area (Å²) in [6, 6.07) is 12.9. The number of nitrogens with one attached hydrogen (secondary N) is 2. The van der Waals surface area contributed by atoms with E-state index in [0.29, 0.717) is 6.54 Å². The number of hydrogen-bond acceptors (Lipinski definition) is 5. The first-order valence-electron chi connectivity index (χ1n) is 9.93. The Bertz CT molecular complexity index is 884. The molecule has 0 radical (unpaired) electrons. The molecule has 0 aromatic heterocycles. The lowest BCUT2D eigenvalue weighted by Crippen LogP contribution is -2.35. The minimum Gasteiger partial charge on any atom is -0.327 e. The Hall–Kier alpha value is -2.24. The molecule has 1 unspecified atom stereocenters. The number of hydrogen-bond donors (Lipinski definition) is 2. The zero-order chi connectivity index (χ0) is 20.2. The van der Waals surface area contributed by atoms with Crippen LogP contribution in [0, 0.1) is 23.2 Å². The van der Waals surface area contributed by atoms with Crippen molar-refractivity contribution in [2.75, 3.05) is 13.1 Å². The maximum Gasteiger partial charge on any atom is 0.307 e. The van der Waals surface area contributed by atoms with Crippen molar-refractivity contribution in [1.82, 2.24) is 15.7 Å². The first kappa shape index (κ1) is 22.4. The average Bonchev–Trinajstić information content (AvgIpc) is 3.29. The van der Waals surface area contributed by atoms with Crippen LogP contribution in [0.1, 0.15) is 35.4 Å². The lowest BCUT2D eigenvalue weighted by Gasteiger charge is -2.23. The van der Waals surface area contributed by atoms with Crippen LogP contribution in [0.3, 0.4) is 0 Å². The summed E-state index contributed by atoms with van der Waals surface area (Å²) in [5, 5.41) is 17.4. The number of hydroxylamine groups is 2. The third-order valence-corrected chi connectivity index (χ3v) is 5.69. The predicted octanol–water partition coefficient (Wildman–Crippen LogP) is 3.61. The Kier molecular flexibility index (Phi) is 7.62. The summed E-state index contributed by atoms with van der Waals surface area (Å²) in [7, 11) is 0. The van der Waals surface area contributed by atoms with Crippen LogP contribution < -0.4 is 10.6 Å². The molecule has 160 valence electrons. The molecule has 2 N–H and O–H groups in total. The number of nitriles is 1. The molecule has 0 spiro atoms. The molecule has 0 bridgehead atoms. The smallest absolute Gasteiger partial charge is 0.307 e. The number of benzene rings is 2. The minimum absolute atomic E-state index is 0. The van der Waals surface area contributed by atoms with Crippen molar-refractivity contribution in [2.24, 2.45) is 0 Å². The molecule has 1 saturated carbocycles. The van der Waals surface area contributed by atoms with Crippen molar-refractivity contribution >= 4 is 12.4 Å². The van der Waals surface area contributed by atoms with Gasteiger partial charge in [0.05, 0.1) is 12.6 Å². The summed E-state index contributed by atoms with van der Waals surface area (Å²) >= 11 is 0. The molecule has 1 heterocycles. The van der Waals surface area contributed by atoms with Crippen molar-refractivity contribution in [3.63, 3.8) is 0 Å². The lowest BCUT2D eigenvalue weighted by molar-refractivity contribution is -0.129. The summed E-state index contributed by atoms with van der Waals surface area (Å²) in [6.07, 6.45) is 3.68. The Morgan fingerprint density at radius 1 is 1.13 bits per heavy atom. The third-order valence-electron chi connectivity index (χ3n) is 5.69. The third kappa shape index (κ3) is 5.46. The highest BCUT2D eigenvalue weighted by Gasteiger charge is 2.38. The van der Waals surface area contributed by atoms with Gasteiger partial charge in [0, 0.05) is 25.0 Å². The highest BCUT2D eigenvalue weighted by molar-refractivity contribution is 5.85. The van der Waals surface area contributed by atoms with Crippen LogP contribution in [-0.4, -0.2) is 30.2 Å². The molecule has 2 aromatic carbocycles. The van der Waals surface area contributed by atoms with Crippen molar-refractivity contribution < 1.29 is 13.6 Å². The Morgan fingerprint density at radius 3 is 2.57 bits per heavy atom. The largest absolute Gasteiger partial charge is 0.327 e. The van der Waals surface area contributed by atoms with E-state index in [2.05, 4.69) is 22.8 Å². The quantitative estimate of drug-likeness (QED) is 0.491. The van der Waals surface area contributed by atoms with Gasteiger partial charge in [0.2, 0.25) is 0 Å². The normalized spacial score (nSPS) is 22.4. The van der Waals surface area contributed by atoms with E-state index in [1.807, 2.05) is 12.1 Å². The van der Waals surface area contributed by atoms with Gasteiger partial charge < -0.3 is 15.5 Å². The van der Waals surface area contributed by atoms with Crippen molar-refractivity contribution in [1.29, 1.82) is 5.26 Å². The standard InChI is InChI=1S/C22H24F2N4O.ClH/c23-20-6-5-17(9-21(20)24)19-10-22(19)27-11-15-1-3-16(4-2-15)13-28(29-14-25)18-7-8-26-12-18;/h1-6,9,18-19,22,26-27H,7-8,10-13H2;1H/t18?,19-,22+;/m0./s1. The first-order valence-corrected chi connectivity index (χ1v) is 9.93. The molecule has 5 nitrogen and oxygen atoms in total. The van der Waals surface area contributed by atoms with E-state index in [9.17, 15) is 8.78 Å². The highest BCUT2D eigenvalue weighted by atomic mass is 35.5. The van der Waals surface area contributed by atoms with Gasteiger partial charge in [0.1, 0.15) is 0 Å². The summed E-state index contributed by atoms with van der Waals surface area (Å²) in [4.78, 5) is 5.15. The molecule has 3 atom stereocenters. The van der Waals surface area contributed by atoms with E-state index in [1.54, 1.807) is 17.4 Å². The van der Waals surface area contributed by atoms with E-state index >= 15 is 0 Å². The number of nitrogens with zero attached hydrogens (tertiary/aromatic N) is 2. The van der Waals surface area contributed by atoms with E-state index in [0.717, 1.165) is 49.2 Å². The van der Waals surface area contributed by atoms with Gasteiger partial charge in [-0.05, 0) is 48.2 Å². The topological polar surface area (TPSA) is 60.3 Å². The van der Waals surface area contributed by atoms with Gasteiger partial charge >= 0.3 is 6.26 Å². The van der Waals surface area contributed by atoms with E-state index in [-0.39, 0.29) is 30.4 Å². The molecule has 1 saturated heterocycles. The van der Waals surface area contributed by atoms with Crippen LogP contribution in [0.15, 0.2) is 42.5 Å². The van der Waals surface area contributed by atoms with Gasteiger partial charge in [-0.15, -0.1) is 22.7 Å².